The van der Waals surface area contributed by atoms with E-state index < -0.39 is 11.5 Å². The molecule has 0 aliphatic heterocycles. The molecule has 3 aromatic heterocycles. The van der Waals surface area contributed by atoms with Crippen LogP contribution in [-0.2, 0) is 6.54 Å². The third-order valence-corrected chi connectivity index (χ3v) is 6.23. The standard InChI is InChI=1S/C25H21FN6O4S/c26-17-7-5-16(6-8-17)19-13-37-24-20(19)22(33)30-21(31-24)23(34)27-12-15-3-1-4-18(11-15)35-9-2-10-36-25-28-14-29-32-25/h1,3-8,11,13-14H,2,9-10,12H2,(H,27,34)(H,28,29,32)(H,30,31,33). The number of hydrogen-bond acceptors (Lipinski definition) is 8. The molecule has 0 spiro atoms. The number of nitrogens with one attached hydrogen (secondary N) is 3. The second kappa shape index (κ2) is 11.0. The molecule has 3 N–H and O–H groups in total. The lowest BCUT2D eigenvalue weighted by atomic mass is 10.1. The van der Waals surface area contributed by atoms with Crippen LogP contribution in [0.4, 0.5) is 4.39 Å². The van der Waals surface area contributed by atoms with Crippen LogP contribution in [-0.4, -0.2) is 44.3 Å². The topological polar surface area (TPSA) is 135 Å². The molecule has 37 heavy (non-hydrogen) atoms. The molecule has 0 radical (unpaired) electrons. The third-order valence-electron chi connectivity index (χ3n) is 5.35. The van der Waals surface area contributed by atoms with Gasteiger partial charge in [0.15, 0.2) is 0 Å². The zero-order chi connectivity index (χ0) is 25.6. The second-order valence-corrected chi connectivity index (χ2v) is 8.78. The lowest BCUT2D eigenvalue weighted by molar-refractivity contribution is 0.0940. The molecular weight excluding hydrogens is 499 g/mol. The van der Waals surface area contributed by atoms with Crippen molar-refractivity contribution in [2.45, 2.75) is 13.0 Å². The number of amides is 1. The van der Waals surface area contributed by atoms with E-state index in [1.165, 1.54) is 29.8 Å². The normalized spacial score (nSPS) is 10.9. The summed E-state index contributed by atoms with van der Waals surface area (Å²) < 4.78 is 24.4. The minimum atomic E-state index is -0.508. The molecule has 3 heterocycles. The van der Waals surface area contributed by atoms with Gasteiger partial charge >= 0.3 is 6.01 Å². The van der Waals surface area contributed by atoms with E-state index in [1.807, 2.05) is 24.3 Å². The summed E-state index contributed by atoms with van der Waals surface area (Å²) in [5.74, 6) is -0.290. The highest BCUT2D eigenvalue weighted by molar-refractivity contribution is 7.17. The van der Waals surface area contributed by atoms with Gasteiger partial charge in [0.2, 0.25) is 5.82 Å². The van der Waals surface area contributed by atoms with Crippen LogP contribution in [0.1, 0.15) is 22.6 Å². The first kappa shape index (κ1) is 24.1. The van der Waals surface area contributed by atoms with Crippen molar-refractivity contribution in [3.8, 4) is 22.9 Å². The minimum absolute atomic E-state index is 0.0795. The van der Waals surface area contributed by atoms with Crippen molar-refractivity contribution in [3.63, 3.8) is 0 Å². The summed E-state index contributed by atoms with van der Waals surface area (Å²) in [5.41, 5.74) is 1.73. The zero-order valence-corrected chi connectivity index (χ0v) is 20.2. The lowest BCUT2D eigenvalue weighted by Crippen LogP contribution is -2.27. The van der Waals surface area contributed by atoms with Crippen LogP contribution in [0.5, 0.6) is 11.8 Å². The first-order chi connectivity index (χ1) is 18.1. The van der Waals surface area contributed by atoms with Gasteiger partial charge < -0.3 is 19.8 Å². The Kier molecular flexibility index (Phi) is 7.17. The lowest BCUT2D eigenvalue weighted by Gasteiger charge is -2.09. The summed E-state index contributed by atoms with van der Waals surface area (Å²) in [4.78, 5) is 36.7. The van der Waals surface area contributed by atoms with Crippen LogP contribution >= 0.6 is 11.3 Å². The summed E-state index contributed by atoms with van der Waals surface area (Å²) in [6, 6.07) is 13.6. The van der Waals surface area contributed by atoms with E-state index in [4.69, 9.17) is 9.47 Å². The maximum absolute atomic E-state index is 13.3. The van der Waals surface area contributed by atoms with E-state index in [9.17, 15) is 14.0 Å². The fraction of sp³-hybridized carbons (Fsp3) is 0.160. The number of hydrogen-bond donors (Lipinski definition) is 3. The number of halogens is 1. The average Bonchev–Trinajstić information content (AvgIpc) is 3.58. The third kappa shape index (κ3) is 5.81. The van der Waals surface area contributed by atoms with Gasteiger partial charge in [0.05, 0.1) is 18.6 Å². The van der Waals surface area contributed by atoms with Gasteiger partial charge in [-0.15, -0.1) is 11.3 Å². The molecule has 0 aliphatic carbocycles. The highest BCUT2D eigenvalue weighted by Gasteiger charge is 2.16. The average molecular weight is 521 g/mol. The molecule has 0 saturated heterocycles. The fourth-order valence-electron chi connectivity index (χ4n) is 3.59. The molecule has 188 valence electrons. The predicted octanol–water partition coefficient (Wildman–Crippen LogP) is 3.69. The maximum atomic E-state index is 13.3. The molecule has 0 aliphatic rings. The van der Waals surface area contributed by atoms with Crippen molar-refractivity contribution in [1.82, 2.24) is 30.5 Å². The molecule has 0 unspecified atom stereocenters. The number of carbonyl (C=O) groups excluding carboxylic acids is 1. The molecule has 2 aromatic carbocycles. The monoisotopic (exact) mass is 520 g/mol. The van der Waals surface area contributed by atoms with E-state index in [1.54, 1.807) is 17.5 Å². The summed E-state index contributed by atoms with van der Waals surface area (Å²) in [7, 11) is 0. The maximum Gasteiger partial charge on any atom is 0.312 e. The van der Waals surface area contributed by atoms with Gasteiger partial charge in [0.25, 0.3) is 11.5 Å². The highest BCUT2D eigenvalue weighted by Crippen LogP contribution is 2.30. The van der Waals surface area contributed by atoms with Crippen LogP contribution in [0.15, 0.2) is 65.0 Å². The van der Waals surface area contributed by atoms with Crippen molar-refractivity contribution in [1.29, 1.82) is 0 Å². The van der Waals surface area contributed by atoms with Gasteiger partial charge in [-0.1, -0.05) is 24.3 Å². The highest BCUT2D eigenvalue weighted by atomic mass is 32.1. The van der Waals surface area contributed by atoms with E-state index in [0.717, 1.165) is 5.56 Å². The molecular formula is C25H21FN6O4S. The number of ether oxygens (including phenoxy) is 2. The largest absolute Gasteiger partial charge is 0.493 e. The minimum Gasteiger partial charge on any atom is -0.493 e. The predicted molar refractivity (Wildman–Crippen MR) is 135 cm³/mol. The first-order valence-corrected chi connectivity index (χ1v) is 12.2. The Morgan fingerprint density at radius 2 is 1.95 bits per heavy atom. The van der Waals surface area contributed by atoms with Gasteiger partial charge in [-0.2, -0.15) is 10.1 Å². The Morgan fingerprint density at radius 1 is 1.11 bits per heavy atom. The van der Waals surface area contributed by atoms with Crippen LogP contribution in [0.25, 0.3) is 21.3 Å². The van der Waals surface area contributed by atoms with E-state index in [-0.39, 0.29) is 18.2 Å². The van der Waals surface area contributed by atoms with Crippen LogP contribution in [0.3, 0.4) is 0 Å². The Hall–Kier alpha value is -4.58. The van der Waals surface area contributed by atoms with Gasteiger partial charge in [0.1, 0.15) is 22.7 Å². The number of thiophene rings is 1. The molecule has 5 rings (SSSR count). The number of rotatable bonds is 10. The number of nitrogens with zero attached hydrogens (tertiary/aromatic N) is 3. The molecule has 5 aromatic rings. The smallest absolute Gasteiger partial charge is 0.312 e. The molecule has 0 atom stereocenters. The molecule has 12 heteroatoms. The van der Waals surface area contributed by atoms with Gasteiger partial charge in [0, 0.05) is 23.9 Å². The van der Waals surface area contributed by atoms with Gasteiger partial charge in [-0.3, -0.25) is 9.59 Å². The van der Waals surface area contributed by atoms with Crippen molar-refractivity contribution in [2.75, 3.05) is 13.2 Å². The quantitative estimate of drug-likeness (QED) is 0.239. The molecule has 10 nitrogen and oxygen atoms in total. The van der Waals surface area contributed by atoms with E-state index in [0.29, 0.717) is 52.7 Å². The van der Waals surface area contributed by atoms with Crippen LogP contribution in [0.2, 0.25) is 0 Å². The molecule has 1 amide bonds. The Bertz CT molecular complexity index is 1570. The van der Waals surface area contributed by atoms with Crippen LogP contribution < -0.4 is 20.3 Å². The Labute approximate surface area is 213 Å². The van der Waals surface area contributed by atoms with Crippen molar-refractivity contribution < 1.29 is 18.7 Å². The van der Waals surface area contributed by atoms with E-state index >= 15 is 0 Å². The van der Waals surface area contributed by atoms with E-state index in [2.05, 4.69) is 30.5 Å². The summed E-state index contributed by atoms with van der Waals surface area (Å²) in [5, 5.41) is 11.2. The van der Waals surface area contributed by atoms with Gasteiger partial charge in [-0.05, 0) is 35.4 Å². The Balaban J connectivity index is 1.18. The van der Waals surface area contributed by atoms with Crippen LogP contribution in [0, 0.1) is 5.82 Å². The zero-order valence-electron chi connectivity index (χ0n) is 19.4. The number of carbonyl (C=O) groups is 1. The second-order valence-electron chi connectivity index (χ2n) is 7.92. The van der Waals surface area contributed by atoms with Crippen molar-refractivity contribution >= 4 is 27.5 Å². The number of aromatic nitrogens is 5. The number of aromatic amines is 2. The number of H-pyrrole nitrogens is 2. The summed E-state index contributed by atoms with van der Waals surface area (Å²) >= 11 is 1.25. The van der Waals surface area contributed by atoms with Crippen molar-refractivity contribution in [2.24, 2.45) is 0 Å². The summed E-state index contributed by atoms with van der Waals surface area (Å²) in [6.45, 7) is 1.09. The number of fused-ring (bicyclic) bond motifs is 1. The van der Waals surface area contributed by atoms with Crippen molar-refractivity contribution in [3.05, 3.63) is 87.8 Å². The first-order valence-electron chi connectivity index (χ1n) is 11.3. The molecule has 0 fully saturated rings. The summed E-state index contributed by atoms with van der Waals surface area (Å²) in [6.07, 6.45) is 2.02. The molecule has 0 bridgehead atoms. The SMILES string of the molecule is O=C(NCc1cccc(OCCCOc2ncn[nH]2)c1)c1nc2scc(-c3ccc(F)cc3)c2c(=O)[nH]1. The Morgan fingerprint density at radius 3 is 2.76 bits per heavy atom. The number of benzene rings is 2. The fourth-order valence-corrected chi connectivity index (χ4v) is 4.54. The van der Waals surface area contributed by atoms with Gasteiger partial charge in [-0.25, -0.2) is 14.5 Å². The molecule has 0 saturated carbocycles.